The van der Waals surface area contributed by atoms with Gasteiger partial charge in [-0.15, -0.1) is 0 Å². The monoisotopic (exact) mass is 358 g/mol. The van der Waals surface area contributed by atoms with E-state index in [1.165, 1.54) is 0 Å². The third kappa shape index (κ3) is 4.32. The van der Waals surface area contributed by atoms with Crippen molar-refractivity contribution in [1.29, 1.82) is 0 Å². The smallest absolute Gasteiger partial charge is 0.355 e. The normalized spacial score (nSPS) is 10.6. The first-order chi connectivity index (χ1) is 12.5. The molecule has 0 bridgehead atoms. The average Bonchev–Trinajstić information content (AvgIpc) is 2.86. The number of nitrogens with zero attached hydrogens (tertiary/aromatic N) is 1. The quantitative estimate of drug-likeness (QED) is 0.582. The van der Waals surface area contributed by atoms with Gasteiger partial charge in [0.15, 0.2) is 0 Å². The number of rotatable bonds is 8. The van der Waals surface area contributed by atoms with E-state index in [0.29, 0.717) is 36.5 Å². The van der Waals surface area contributed by atoms with Crippen LogP contribution in [0.3, 0.4) is 0 Å². The largest absolute Gasteiger partial charge is 0.461 e. The van der Waals surface area contributed by atoms with Crippen molar-refractivity contribution in [2.24, 2.45) is 0 Å². The SMILES string of the molecule is CCOC(=O)c1c(C)c(C(=O)NCCOC)c(C)n1Cc1ccccc1. The second kappa shape index (κ2) is 9.20. The average molecular weight is 358 g/mol. The summed E-state index contributed by atoms with van der Waals surface area (Å²) in [6.45, 7) is 7.02. The highest BCUT2D eigenvalue weighted by Crippen LogP contribution is 2.24. The van der Waals surface area contributed by atoms with E-state index in [1.807, 2.05) is 41.8 Å². The number of hydrogen-bond acceptors (Lipinski definition) is 4. The molecule has 1 aromatic heterocycles. The lowest BCUT2D eigenvalue weighted by Crippen LogP contribution is -2.27. The molecular weight excluding hydrogens is 332 g/mol. The first kappa shape index (κ1) is 19.7. The number of carbonyl (C=O) groups is 2. The van der Waals surface area contributed by atoms with Gasteiger partial charge in [-0.2, -0.15) is 0 Å². The van der Waals surface area contributed by atoms with Crippen molar-refractivity contribution in [1.82, 2.24) is 9.88 Å². The van der Waals surface area contributed by atoms with E-state index in [9.17, 15) is 9.59 Å². The number of amides is 1. The molecule has 0 fully saturated rings. The van der Waals surface area contributed by atoms with Gasteiger partial charge in [0.05, 0.1) is 18.8 Å². The molecule has 0 saturated heterocycles. The molecule has 6 nitrogen and oxygen atoms in total. The second-order valence-corrected chi connectivity index (χ2v) is 5.97. The molecule has 0 radical (unpaired) electrons. The summed E-state index contributed by atoms with van der Waals surface area (Å²) in [6.07, 6.45) is 0. The summed E-state index contributed by atoms with van der Waals surface area (Å²) in [4.78, 5) is 25.2. The van der Waals surface area contributed by atoms with Crippen molar-refractivity contribution >= 4 is 11.9 Å². The summed E-state index contributed by atoms with van der Waals surface area (Å²) in [7, 11) is 1.58. The van der Waals surface area contributed by atoms with Gasteiger partial charge in [-0.05, 0) is 31.9 Å². The number of benzene rings is 1. The lowest BCUT2D eigenvalue weighted by atomic mass is 10.1. The Kier molecular flexibility index (Phi) is 6.97. The molecule has 0 aliphatic rings. The maximum atomic E-state index is 12.6. The molecule has 0 unspecified atom stereocenters. The number of hydrogen-bond donors (Lipinski definition) is 1. The van der Waals surface area contributed by atoms with Gasteiger partial charge >= 0.3 is 5.97 Å². The first-order valence-electron chi connectivity index (χ1n) is 8.69. The summed E-state index contributed by atoms with van der Waals surface area (Å²) in [5, 5.41) is 2.83. The summed E-state index contributed by atoms with van der Waals surface area (Å²) in [6, 6.07) is 9.81. The highest BCUT2D eigenvalue weighted by molar-refractivity contribution is 6.01. The maximum absolute atomic E-state index is 12.6. The van der Waals surface area contributed by atoms with Crippen molar-refractivity contribution in [2.75, 3.05) is 26.9 Å². The number of esters is 1. The summed E-state index contributed by atoms with van der Waals surface area (Å²) in [5.74, 6) is -0.630. The Hall–Kier alpha value is -2.60. The summed E-state index contributed by atoms with van der Waals surface area (Å²) < 4.78 is 12.0. The van der Waals surface area contributed by atoms with E-state index < -0.39 is 5.97 Å². The maximum Gasteiger partial charge on any atom is 0.355 e. The topological polar surface area (TPSA) is 69.6 Å². The van der Waals surface area contributed by atoms with Gasteiger partial charge in [-0.25, -0.2) is 4.79 Å². The van der Waals surface area contributed by atoms with Crippen LogP contribution in [0.25, 0.3) is 0 Å². The zero-order chi connectivity index (χ0) is 19.1. The van der Waals surface area contributed by atoms with Crippen molar-refractivity contribution in [3.63, 3.8) is 0 Å². The zero-order valence-electron chi connectivity index (χ0n) is 15.8. The third-order valence-corrected chi connectivity index (χ3v) is 4.24. The van der Waals surface area contributed by atoms with Crippen LogP contribution in [-0.2, 0) is 16.0 Å². The second-order valence-electron chi connectivity index (χ2n) is 5.97. The van der Waals surface area contributed by atoms with Crippen molar-refractivity contribution < 1.29 is 19.1 Å². The number of nitrogens with one attached hydrogen (secondary N) is 1. The van der Waals surface area contributed by atoms with Crippen LogP contribution in [0.2, 0.25) is 0 Å². The fraction of sp³-hybridized carbons (Fsp3) is 0.400. The molecule has 6 heteroatoms. The van der Waals surface area contributed by atoms with Gasteiger partial charge in [-0.3, -0.25) is 4.79 Å². The van der Waals surface area contributed by atoms with Crippen LogP contribution >= 0.6 is 0 Å². The Morgan fingerprint density at radius 2 is 1.85 bits per heavy atom. The van der Waals surface area contributed by atoms with Crippen LogP contribution in [-0.4, -0.2) is 43.3 Å². The van der Waals surface area contributed by atoms with Gasteiger partial charge in [-0.1, -0.05) is 30.3 Å². The minimum Gasteiger partial charge on any atom is -0.461 e. The Morgan fingerprint density at radius 1 is 1.15 bits per heavy atom. The highest BCUT2D eigenvalue weighted by Gasteiger charge is 2.27. The van der Waals surface area contributed by atoms with Crippen LogP contribution in [0.1, 0.15) is 44.6 Å². The third-order valence-electron chi connectivity index (χ3n) is 4.24. The Balaban J connectivity index is 2.45. The molecule has 0 atom stereocenters. The van der Waals surface area contributed by atoms with E-state index in [2.05, 4.69) is 5.32 Å². The van der Waals surface area contributed by atoms with Crippen molar-refractivity contribution in [3.05, 3.63) is 58.4 Å². The zero-order valence-corrected chi connectivity index (χ0v) is 15.8. The van der Waals surface area contributed by atoms with Gasteiger partial charge in [0.1, 0.15) is 5.69 Å². The standard InChI is InChI=1S/C20H26N2O4/c1-5-26-20(24)18-14(2)17(19(23)21-11-12-25-4)15(3)22(18)13-16-9-7-6-8-10-16/h6-10H,5,11-13H2,1-4H3,(H,21,23). The molecule has 0 saturated carbocycles. The Morgan fingerprint density at radius 3 is 2.46 bits per heavy atom. The van der Waals surface area contributed by atoms with E-state index in [-0.39, 0.29) is 12.5 Å². The minimum atomic E-state index is -0.417. The van der Waals surface area contributed by atoms with E-state index in [4.69, 9.17) is 9.47 Å². The predicted octanol–water partition coefficient (Wildman–Crippen LogP) is 2.71. The Labute approximate surface area is 154 Å². The fourth-order valence-corrected chi connectivity index (χ4v) is 3.01. The van der Waals surface area contributed by atoms with Gasteiger partial charge < -0.3 is 19.4 Å². The molecule has 140 valence electrons. The Bertz CT molecular complexity index is 766. The van der Waals surface area contributed by atoms with Crippen LogP contribution in [0, 0.1) is 13.8 Å². The van der Waals surface area contributed by atoms with Gasteiger partial charge in [0.25, 0.3) is 5.91 Å². The number of aromatic nitrogens is 1. The fourth-order valence-electron chi connectivity index (χ4n) is 3.01. The number of methoxy groups -OCH3 is 1. The van der Waals surface area contributed by atoms with Gasteiger partial charge in [0, 0.05) is 25.9 Å². The van der Waals surface area contributed by atoms with E-state index in [0.717, 1.165) is 11.3 Å². The number of carbonyl (C=O) groups excluding carboxylic acids is 2. The van der Waals surface area contributed by atoms with Crippen LogP contribution in [0.15, 0.2) is 30.3 Å². The van der Waals surface area contributed by atoms with Crippen LogP contribution in [0.4, 0.5) is 0 Å². The van der Waals surface area contributed by atoms with E-state index in [1.54, 1.807) is 21.0 Å². The molecule has 1 amide bonds. The molecule has 0 aliphatic heterocycles. The minimum absolute atomic E-state index is 0.214. The van der Waals surface area contributed by atoms with Gasteiger partial charge in [0.2, 0.25) is 0 Å². The molecule has 0 spiro atoms. The van der Waals surface area contributed by atoms with Crippen molar-refractivity contribution in [2.45, 2.75) is 27.3 Å². The first-order valence-corrected chi connectivity index (χ1v) is 8.69. The van der Waals surface area contributed by atoms with E-state index >= 15 is 0 Å². The molecule has 26 heavy (non-hydrogen) atoms. The highest BCUT2D eigenvalue weighted by atomic mass is 16.5. The van der Waals surface area contributed by atoms with Crippen LogP contribution in [0.5, 0.6) is 0 Å². The summed E-state index contributed by atoms with van der Waals surface area (Å²) in [5.41, 5.74) is 3.35. The lowest BCUT2D eigenvalue weighted by molar-refractivity contribution is 0.0513. The molecule has 1 aromatic carbocycles. The molecular formula is C20H26N2O4. The van der Waals surface area contributed by atoms with Crippen LogP contribution < -0.4 is 5.32 Å². The molecule has 2 aromatic rings. The molecule has 1 heterocycles. The molecule has 1 N–H and O–H groups in total. The lowest BCUT2D eigenvalue weighted by Gasteiger charge is -2.12. The summed E-state index contributed by atoms with van der Waals surface area (Å²) >= 11 is 0. The predicted molar refractivity (Wildman–Crippen MR) is 99.6 cm³/mol. The molecule has 2 rings (SSSR count). The van der Waals surface area contributed by atoms with Crippen molar-refractivity contribution in [3.8, 4) is 0 Å². The molecule has 0 aliphatic carbocycles. The number of ether oxygens (including phenoxy) is 2.